The maximum atomic E-state index is 12.6. The van der Waals surface area contributed by atoms with Crippen LogP contribution in [0.1, 0.15) is 11.8 Å². The molecule has 3 heterocycles. The lowest BCUT2D eigenvalue weighted by Crippen LogP contribution is -2.21. The van der Waals surface area contributed by atoms with Crippen molar-refractivity contribution in [3.8, 4) is 17.1 Å². The molecule has 9 heteroatoms. The van der Waals surface area contributed by atoms with E-state index < -0.39 is 0 Å². The molecule has 1 aliphatic rings. The van der Waals surface area contributed by atoms with Gasteiger partial charge in [0.25, 0.3) is 0 Å². The largest absolute Gasteiger partial charge is 0.497 e. The van der Waals surface area contributed by atoms with Gasteiger partial charge in [-0.25, -0.2) is 4.79 Å². The number of thiophene rings is 1. The normalized spacial score (nSPS) is 13.6. The maximum Gasteiger partial charge on any atom is 0.340 e. The summed E-state index contributed by atoms with van der Waals surface area (Å²) in [7, 11) is 1.62. The van der Waals surface area contributed by atoms with E-state index in [4.69, 9.17) is 14.6 Å². The number of carbonyl (C=O) groups is 1. The number of ether oxygens (including phenoxy) is 2. The predicted octanol–water partition coefficient (Wildman–Crippen LogP) is 3.97. The minimum absolute atomic E-state index is 0.302. The molecule has 0 atom stereocenters. The van der Waals surface area contributed by atoms with Gasteiger partial charge in [0.15, 0.2) is 5.82 Å². The minimum Gasteiger partial charge on any atom is -0.497 e. The predicted molar refractivity (Wildman–Crippen MR) is 114 cm³/mol. The molecule has 0 spiro atoms. The number of carbonyl (C=O) groups excluding carboxylic acids is 1. The molecule has 0 fully saturated rings. The molecule has 0 saturated heterocycles. The molecule has 0 saturated carbocycles. The van der Waals surface area contributed by atoms with Crippen molar-refractivity contribution in [2.75, 3.05) is 19.5 Å². The van der Waals surface area contributed by atoms with Crippen LogP contribution >= 0.6 is 23.1 Å². The summed E-state index contributed by atoms with van der Waals surface area (Å²) >= 11 is 3.04. The summed E-state index contributed by atoms with van der Waals surface area (Å²) < 4.78 is 12.2. The number of aromatic nitrogens is 3. The van der Waals surface area contributed by atoms with E-state index in [-0.39, 0.29) is 5.97 Å². The van der Waals surface area contributed by atoms with Crippen molar-refractivity contribution in [2.45, 2.75) is 12.1 Å². The number of thioether (sulfide) groups is 1. The van der Waals surface area contributed by atoms with Crippen LogP contribution in [0.25, 0.3) is 17.5 Å². The summed E-state index contributed by atoms with van der Waals surface area (Å²) in [6, 6.07) is 11.4. The quantitative estimate of drug-likeness (QED) is 0.438. The smallest absolute Gasteiger partial charge is 0.340 e. The van der Waals surface area contributed by atoms with Gasteiger partial charge in [-0.1, -0.05) is 17.8 Å². The Balaban J connectivity index is 1.75. The molecule has 0 bridgehead atoms. The number of hydrogen-bond donors (Lipinski definition) is 0. The highest BCUT2D eigenvalue weighted by atomic mass is 32.2. The van der Waals surface area contributed by atoms with Gasteiger partial charge in [-0.2, -0.15) is 9.78 Å². The SMILES string of the molecule is CCOC(=O)/C(=C\c1cccs1)C1=Nn2c(nnc2-c2ccc(OC)cc2)SC1. The highest BCUT2D eigenvalue weighted by molar-refractivity contribution is 7.99. The molecular formula is C20H18N4O3S2. The Morgan fingerprint density at radius 3 is 2.76 bits per heavy atom. The average Bonchev–Trinajstić information content (AvgIpc) is 3.41. The fourth-order valence-corrected chi connectivity index (χ4v) is 4.25. The zero-order valence-corrected chi connectivity index (χ0v) is 17.5. The monoisotopic (exact) mass is 426 g/mol. The second-order valence-corrected chi connectivity index (χ2v) is 7.90. The van der Waals surface area contributed by atoms with Gasteiger partial charge in [-0.05, 0) is 48.7 Å². The second-order valence-electron chi connectivity index (χ2n) is 5.98. The summed E-state index contributed by atoms with van der Waals surface area (Å²) in [4.78, 5) is 13.6. The number of fused-ring (bicyclic) bond motifs is 1. The minimum atomic E-state index is -0.386. The van der Waals surface area contributed by atoms with Crippen molar-refractivity contribution in [3.63, 3.8) is 0 Å². The van der Waals surface area contributed by atoms with E-state index in [2.05, 4.69) is 10.2 Å². The summed E-state index contributed by atoms with van der Waals surface area (Å²) in [5, 5.41) is 15.9. The second kappa shape index (κ2) is 8.62. The van der Waals surface area contributed by atoms with Crippen LogP contribution in [-0.2, 0) is 9.53 Å². The van der Waals surface area contributed by atoms with Crippen LogP contribution in [0.2, 0.25) is 0 Å². The van der Waals surface area contributed by atoms with Crippen LogP contribution in [0, 0.1) is 0 Å². The Hall–Kier alpha value is -2.91. The molecule has 1 aromatic carbocycles. The van der Waals surface area contributed by atoms with E-state index in [9.17, 15) is 4.79 Å². The molecule has 148 valence electrons. The topological polar surface area (TPSA) is 78.6 Å². The van der Waals surface area contributed by atoms with Gasteiger partial charge in [-0.3, -0.25) is 0 Å². The van der Waals surface area contributed by atoms with Crippen molar-refractivity contribution in [2.24, 2.45) is 5.10 Å². The number of rotatable bonds is 6. The van der Waals surface area contributed by atoms with Crippen LogP contribution in [-0.4, -0.2) is 46.0 Å². The van der Waals surface area contributed by atoms with Gasteiger partial charge in [0.1, 0.15) is 5.75 Å². The zero-order valence-electron chi connectivity index (χ0n) is 15.9. The number of methoxy groups -OCH3 is 1. The van der Waals surface area contributed by atoms with Crippen molar-refractivity contribution < 1.29 is 14.3 Å². The molecule has 29 heavy (non-hydrogen) atoms. The van der Waals surface area contributed by atoms with Gasteiger partial charge >= 0.3 is 5.97 Å². The number of hydrogen-bond acceptors (Lipinski definition) is 8. The van der Waals surface area contributed by atoms with E-state index in [1.165, 1.54) is 11.8 Å². The lowest BCUT2D eigenvalue weighted by molar-refractivity contribution is -0.137. The first-order valence-electron chi connectivity index (χ1n) is 8.92. The molecule has 2 aromatic heterocycles. The van der Waals surface area contributed by atoms with E-state index in [1.807, 2.05) is 47.9 Å². The Morgan fingerprint density at radius 2 is 2.07 bits per heavy atom. The zero-order chi connectivity index (χ0) is 20.2. The van der Waals surface area contributed by atoms with Gasteiger partial charge in [0.05, 0.1) is 25.0 Å². The third-order valence-corrected chi connectivity index (χ3v) is 5.90. The van der Waals surface area contributed by atoms with E-state index in [1.54, 1.807) is 30.0 Å². The van der Waals surface area contributed by atoms with Crippen molar-refractivity contribution in [3.05, 3.63) is 52.2 Å². The average molecular weight is 427 g/mol. The first-order valence-corrected chi connectivity index (χ1v) is 10.8. The van der Waals surface area contributed by atoms with Crippen molar-refractivity contribution in [1.82, 2.24) is 14.9 Å². The molecule has 0 unspecified atom stereocenters. The molecule has 0 radical (unpaired) electrons. The van der Waals surface area contributed by atoms with E-state index in [0.29, 0.717) is 34.6 Å². The Kier molecular flexibility index (Phi) is 5.77. The molecule has 0 amide bonds. The highest BCUT2D eigenvalue weighted by Gasteiger charge is 2.25. The van der Waals surface area contributed by atoms with Crippen molar-refractivity contribution >= 4 is 40.9 Å². The fraction of sp³-hybridized carbons (Fsp3) is 0.200. The van der Waals surface area contributed by atoms with Gasteiger partial charge in [-0.15, -0.1) is 21.5 Å². The number of esters is 1. The highest BCUT2D eigenvalue weighted by Crippen LogP contribution is 2.30. The molecule has 3 aromatic rings. The van der Waals surface area contributed by atoms with Gasteiger partial charge < -0.3 is 9.47 Å². The Bertz CT molecular complexity index is 1070. The van der Waals surface area contributed by atoms with Crippen molar-refractivity contribution in [1.29, 1.82) is 0 Å². The van der Waals surface area contributed by atoms with Gasteiger partial charge in [0, 0.05) is 16.2 Å². The van der Waals surface area contributed by atoms with Crippen LogP contribution in [0.5, 0.6) is 5.75 Å². The molecule has 4 rings (SSSR count). The number of benzene rings is 1. The van der Waals surface area contributed by atoms with Gasteiger partial charge in [0.2, 0.25) is 5.16 Å². The Morgan fingerprint density at radius 1 is 1.24 bits per heavy atom. The van der Waals surface area contributed by atoms with Crippen LogP contribution < -0.4 is 4.74 Å². The standard InChI is InChI=1S/C20H18N4O3S2/c1-3-27-19(25)16(11-15-5-4-10-28-15)17-12-29-20-22-21-18(24(20)23-17)13-6-8-14(26-2)9-7-13/h4-11H,3,12H2,1-2H3/b16-11-. The summed E-state index contributed by atoms with van der Waals surface area (Å²) in [5.41, 5.74) is 1.93. The molecule has 1 aliphatic heterocycles. The van der Waals surface area contributed by atoms with Crippen LogP contribution in [0.15, 0.2) is 57.6 Å². The third-order valence-electron chi connectivity index (χ3n) is 4.16. The molecular weight excluding hydrogens is 408 g/mol. The maximum absolute atomic E-state index is 12.6. The van der Waals surface area contributed by atoms with Crippen LogP contribution in [0.4, 0.5) is 0 Å². The summed E-state index contributed by atoms with van der Waals surface area (Å²) in [5.74, 6) is 1.49. The van der Waals surface area contributed by atoms with Crippen LogP contribution in [0.3, 0.4) is 0 Å². The lowest BCUT2D eigenvalue weighted by Gasteiger charge is -2.15. The van der Waals surface area contributed by atoms with E-state index >= 15 is 0 Å². The Labute approximate surface area is 176 Å². The number of nitrogens with zero attached hydrogens (tertiary/aromatic N) is 4. The first kappa shape index (κ1) is 19.4. The molecule has 0 aliphatic carbocycles. The first-order chi connectivity index (χ1) is 14.2. The lowest BCUT2D eigenvalue weighted by atomic mass is 10.1. The fourth-order valence-electron chi connectivity index (χ4n) is 2.76. The molecule has 7 nitrogen and oxygen atoms in total. The molecule has 0 N–H and O–H groups in total. The summed E-state index contributed by atoms with van der Waals surface area (Å²) in [6.45, 7) is 2.09. The van der Waals surface area contributed by atoms with E-state index in [0.717, 1.165) is 16.2 Å². The summed E-state index contributed by atoms with van der Waals surface area (Å²) in [6.07, 6.45) is 1.82. The third kappa shape index (κ3) is 4.10.